The topological polar surface area (TPSA) is 17.1 Å². The van der Waals surface area contributed by atoms with Crippen LogP contribution < -0.4 is 5.30 Å². The van der Waals surface area contributed by atoms with Crippen LogP contribution in [0.3, 0.4) is 0 Å². The highest BCUT2D eigenvalue weighted by Gasteiger charge is 2.12. The lowest BCUT2D eigenvalue weighted by Gasteiger charge is -1.81. The summed E-state index contributed by atoms with van der Waals surface area (Å²) in [6.07, 6.45) is 2.87. The van der Waals surface area contributed by atoms with Crippen molar-refractivity contribution in [1.29, 1.82) is 0 Å². The van der Waals surface area contributed by atoms with Gasteiger partial charge in [-0.25, -0.2) is 0 Å². The predicted molar refractivity (Wildman–Crippen MR) is 53.1 cm³/mol. The second-order valence-electron chi connectivity index (χ2n) is 2.45. The first-order chi connectivity index (χ1) is 5.84. The van der Waals surface area contributed by atoms with Gasteiger partial charge in [-0.15, -0.1) is 0 Å². The van der Waals surface area contributed by atoms with E-state index in [1.165, 1.54) is 0 Å². The molecule has 0 fully saturated rings. The molecule has 12 heavy (non-hydrogen) atoms. The molecular weight excluding hydrogens is 167 g/mol. The molecule has 1 aromatic rings. The van der Waals surface area contributed by atoms with E-state index < -0.39 is 7.80 Å². The zero-order valence-electron chi connectivity index (χ0n) is 7.10. The maximum Gasteiger partial charge on any atom is 0.407 e. The molecule has 0 bridgehead atoms. The first kappa shape index (κ1) is 9.15. The summed E-state index contributed by atoms with van der Waals surface area (Å²) in [5.74, 6) is 1.77. The summed E-state index contributed by atoms with van der Waals surface area (Å²) < 4.78 is 11.5. The molecule has 0 saturated carbocycles. The second-order valence-corrected chi connectivity index (χ2v) is 3.92. The SMILES string of the molecule is CCC=C[P+](=O)c1ccccc1. The third-order valence-electron chi connectivity index (χ3n) is 1.49. The van der Waals surface area contributed by atoms with Gasteiger partial charge in [0, 0.05) is 0 Å². The Kier molecular flexibility index (Phi) is 3.69. The fourth-order valence-electron chi connectivity index (χ4n) is 0.862. The third-order valence-corrected chi connectivity index (χ3v) is 2.78. The van der Waals surface area contributed by atoms with E-state index in [2.05, 4.69) is 0 Å². The first-order valence-electron chi connectivity index (χ1n) is 4.02. The van der Waals surface area contributed by atoms with Crippen LogP contribution >= 0.6 is 7.80 Å². The molecule has 1 aromatic carbocycles. The van der Waals surface area contributed by atoms with Crippen LogP contribution in [0.4, 0.5) is 0 Å². The Hall–Kier alpha value is -0.940. The molecule has 1 unspecified atom stereocenters. The minimum atomic E-state index is -1.31. The van der Waals surface area contributed by atoms with E-state index in [0.29, 0.717) is 0 Å². The molecule has 2 heteroatoms. The summed E-state index contributed by atoms with van der Waals surface area (Å²) >= 11 is 0. The van der Waals surface area contributed by atoms with Crippen molar-refractivity contribution in [2.75, 3.05) is 0 Å². The third kappa shape index (κ3) is 2.60. The predicted octanol–water partition coefficient (Wildman–Crippen LogP) is 3.06. The number of allylic oxidation sites excluding steroid dienone is 1. The molecule has 0 radical (unpaired) electrons. The maximum absolute atomic E-state index is 11.5. The highest BCUT2D eigenvalue weighted by atomic mass is 31.1. The van der Waals surface area contributed by atoms with Gasteiger partial charge in [-0.3, -0.25) is 0 Å². The van der Waals surface area contributed by atoms with E-state index in [1.807, 2.05) is 43.3 Å². The molecule has 0 N–H and O–H groups in total. The summed E-state index contributed by atoms with van der Waals surface area (Å²) in [4.78, 5) is 0. The smallest absolute Gasteiger partial charge is 0.0620 e. The van der Waals surface area contributed by atoms with Crippen LogP contribution in [-0.4, -0.2) is 0 Å². The minimum Gasteiger partial charge on any atom is -0.0620 e. The van der Waals surface area contributed by atoms with Gasteiger partial charge in [0.2, 0.25) is 0 Å². The Balaban J connectivity index is 2.72. The van der Waals surface area contributed by atoms with Gasteiger partial charge in [0.15, 0.2) is 11.1 Å². The molecule has 1 rings (SSSR count). The van der Waals surface area contributed by atoms with Crippen LogP contribution in [0.25, 0.3) is 0 Å². The summed E-state index contributed by atoms with van der Waals surface area (Å²) in [7, 11) is -1.31. The van der Waals surface area contributed by atoms with E-state index in [0.717, 1.165) is 11.7 Å². The van der Waals surface area contributed by atoms with Crippen LogP contribution in [0, 0.1) is 0 Å². The largest absolute Gasteiger partial charge is 0.407 e. The zero-order valence-corrected chi connectivity index (χ0v) is 8.00. The van der Waals surface area contributed by atoms with Gasteiger partial charge >= 0.3 is 7.80 Å². The summed E-state index contributed by atoms with van der Waals surface area (Å²) in [6.45, 7) is 2.03. The summed E-state index contributed by atoms with van der Waals surface area (Å²) in [5, 5.41) is 0.900. The highest BCUT2D eigenvalue weighted by Crippen LogP contribution is 2.20. The summed E-state index contributed by atoms with van der Waals surface area (Å²) in [5.41, 5.74) is 0. The Morgan fingerprint density at radius 2 is 2.00 bits per heavy atom. The quantitative estimate of drug-likeness (QED) is 0.651. The van der Waals surface area contributed by atoms with Crippen LogP contribution in [-0.2, 0) is 4.57 Å². The average Bonchev–Trinajstić information content (AvgIpc) is 2.15. The normalized spacial score (nSPS) is 11.9. The molecular formula is C10H12OP+. The van der Waals surface area contributed by atoms with E-state index in [9.17, 15) is 4.57 Å². The van der Waals surface area contributed by atoms with E-state index >= 15 is 0 Å². The molecule has 0 heterocycles. The Bertz CT molecular complexity index is 277. The monoisotopic (exact) mass is 179 g/mol. The van der Waals surface area contributed by atoms with Crippen molar-refractivity contribution in [3.8, 4) is 0 Å². The molecule has 0 aliphatic carbocycles. The van der Waals surface area contributed by atoms with Gasteiger partial charge in [-0.2, -0.15) is 0 Å². The lowest BCUT2D eigenvalue weighted by Crippen LogP contribution is -1.91. The average molecular weight is 179 g/mol. The lowest BCUT2D eigenvalue weighted by molar-refractivity contribution is 0.597. The molecule has 1 atom stereocenters. The molecule has 0 aliphatic rings. The zero-order chi connectivity index (χ0) is 8.81. The molecule has 0 aromatic heterocycles. The Morgan fingerprint density at radius 1 is 1.33 bits per heavy atom. The molecule has 62 valence electrons. The number of hydrogen-bond acceptors (Lipinski definition) is 1. The lowest BCUT2D eigenvalue weighted by atomic mass is 10.4. The van der Waals surface area contributed by atoms with Crippen molar-refractivity contribution in [3.05, 3.63) is 42.2 Å². The van der Waals surface area contributed by atoms with E-state index in [-0.39, 0.29) is 0 Å². The molecule has 0 aliphatic heterocycles. The van der Waals surface area contributed by atoms with Gasteiger partial charge in [-0.05, 0) is 24.6 Å². The van der Waals surface area contributed by atoms with Crippen molar-refractivity contribution < 1.29 is 4.57 Å². The van der Waals surface area contributed by atoms with Crippen molar-refractivity contribution in [2.24, 2.45) is 0 Å². The van der Waals surface area contributed by atoms with Crippen LogP contribution in [0.5, 0.6) is 0 Å². The van der Waals surface area contributed by atoms with Gasteiger partial charge in [0.05, 0.1) is 0 Å². The van der Waals surface area contributed by atoms with Gasteiger partial charge in [0.25, 0.3) is 0 Å². The van der Waals surface area contributed by atoms with Crippen molar-refractivity contribution in [1.82, 2.24) is 0 Å². The van der Waals surface area contributed by atoms with Crippen molar-refractivity contribution >= 4 is 13.1 Å². The second kappa shape index (κ2) is 4.84. The van der Waals surface area contributed by atoms with Crippen LogP contribution in [0.2, 0.25) is 0 Å². The van der Waals surface area contributed by atoms with Gasteiger partial charge < -0.3 is 0 Å². The highest BCUT2D eigenvalue weighted by molar-refractivity contribution is 7.56. The number of rotatable bonds is 3. The minimum absolute atomic E-state index is 0.900. The van der Waals surface area contributed by atoms with Crippen LogP contribution in [0.15, 0.2) is 42.2 Å². The van der Waals surface area contributed by atoms with Gasteiger partial charge in [-0.1, -0.05) is 29.7 Å². The molecule has 0 amide bonds. The van der Waals surface area contributed by atoms with Crippen LogP contribution in [0.1, 0.15) is 13.3 Å². The molecule has 0 saturated heterocycles. The van der Waals surface area contributed by atoms with Crippen molar-refractivity contribution in [3.63, 3.8) is 0 Å². The number of hydrogen-bond donors (Lipinski definition) is 0. The Labute approximate surface area is 73.9 Å². The van der Waals surface area contributed by atoms with E-state index in [4.69, 9.17) is 0 Å². The molecule has 0 spiro atoms. The van der Waals surface area contributed by atoms with E-state index in [1.54, 1.807) is 5.82 Å². The maximum atomic E-state index is 11.5. The fourth-order valence-corrected chi connectivity index (χ4v) is 1.90. The fraction of sp³-hybridized carbons (Fsp3) is 0.200. The summed E-state index contributed by atoms with van der Waals surface area (Å²) in [6, 6.07) is 9.51. The first-order valence-corrected chi connectivity index (χ1v) is 5.35. The standard InChI is InChI=1S/C10H12OP/c1-2-3-9-12(11)10-7-5-4-6-8-10/h3-9H,2H2,1H3/q+1. The Morgan fingerprint density at radius 3 is 2.58 bits per heavy atom. The molecule has 1 nitrogen and oxygen atoms in total. The van der Waals surface area contributed by atoms with Crippen molar-refractivity contribution in [2.45, 2.75) is 13.3 Å². The van der Waals surface area contributed by atoms with Gasteiger partial charge in [0.1, 0.15) is 0 Å². The number of benzene rings is 1.